The molecule has 0 heterocycles. The lowest BCUT2D eigenvalue weighted by molar-refractivity contribution is -0.127. The van der Waals surface area contributed by atoms with Crippen molar-refractivity contribution in [2.75, 3.05) is 19.6 Å². The normalized spacial score (nSPS) is 11.7. The molecule has 0 radical (unpaired) electrons. The van der Waals surface area contributed by atoms with Crippen LogP contribution in [0.2, 0.25) is 0 Å². The Bertz CT molecular complexity index is 683. The van der Waals surface area contributed by atoms with Crippen LogP contribution in [0.5, 0.6) is 0 Å². The molecule has 1 aromatic carbocycles. The van der Waals surface area contributed by atoms with Gasteiger partial charge in [-0.15, -0.1) is 0 Å². The van der Waals surface area contributed by atoms with E-state index in [-0.39, 0.29) is 36.4 Å². The van der Waals surface area contributed by atoms with Crippen LogP contribution < -0.4 is 21.7 Å². The minimum absolute atomic E-state index is 0.00194. The van der Waals surface area contributed by atoms with E-state index in [4.69, 9.17) is 5.73 Å². The summed E-state index contributed by atoms with van der Waals surface area (Å²) in [5.41, 5.74) is 8.60. The van der Waals surface area contributed by atoms with E-state index in [1.165, 1.54) is 11.1 Å². The number of nitrogens with one attached hydrogen (secondary N) is 3. The summed E-state index contributed by atoms with van der Waals surface area (Å²) in [7, 11) is 0. The van der Waals surface area contributed by atoms with Crippen molar-refractivity contribution in [3.63, 3.8) is 0 Å². The molecule has 156 valence electrons. The molecular weight excluding hydrogens is 356 g/mol. The molecule has 0 aliphatic rings. The highest BCUT2D eigenvalue weighted by Gasteiger charge is 2.20. The third-order valence-corrected chi connectivity index (χ3v) is 4.29. The maximum atomic E-state index is 12.0. The fraction of sp³-hybridized carbons (Fsp3) is 0.571. The maximum Gasteiger partial charge on any atom is 0.239 e. The van der Waals surface area contributed by atoms with Gasteiger partial charge in [0.2, 0.25) is 17.7 Å². The first kappa shape index (κ1) is 23.6. The summed E-state index contributed by atoms with van der Waals surface area (Å²) >= 11 is 0. The molecule has 0 saturated heterocycles. The summed E-state index contributed by atoms with van der Waals surface area (Å²) < 4.78 is 0. The molecule has 7 heteroatoms. The number of rotatable bonds is 7. The highest BCUT2D eigenvalue weighted by molar-refractivity contribution is 5.88. The zero-order valence-corrected chi connectivity index (χ0v) is 17.9. The number of amides is 3. The molecule has 0 saturated carbocycles. The predicted molar refractivity (Wildman–Crippen MR) is 111 cm³/mol. The lowest BCUT2D eigenvalue weighted by Crippen LogP contribution is -2.43. The third kappa shape index (κ3) is 8.08. The fourth-order valence-electron chi connectivity index (χ4n) is 2.42. The molecule has 0 aliphatic carbocycles. The summed E-state index contributed by atoms with van der Waals surface area (Å²) in [4.78, 5) is 34.7. The lowest BCUT2D eigenvalue weighted by atomic mass is 9.79. The number of hydrogen-bond donors (Lipinski definition) is 4. The summed E-state index contributed by atoms with van der Waals surface area (Å²) in [5.74, 6) is -1.16. The van der Waals surface area contributed by atoms with Crippen LogP contribution >= 0.6 is 0 Å². The van der Waals surface area contributed by atoms with Crippen LogP contribution in [0, 0.1) is 0 Å². The van der Waals surface area contributed by atoms with Gasteiger partial charge in [-0.25, -0.2) is 0 Å². The van der Waals surface area contributed by atoms with E-state index in [1.54, 1.807) is 0 Å². The van der Waals surface area contributed by atoms with E-state index >= 15 is 0 Å². The van der Waals surface area contributed by atoms with E-state index in [0.717, 1.165) is 5.56 Å². The van der Waals surface area contributed by atoms with Crippen molar-refractivity contribution in [1.82, 2.24) is 16.0 Å². The molecular formula is C21H34N4O3. The van der Waals surface area contributed by atoms with Gasteiger partial charge in [0, 0.05) is 6.54 Å². The van der Waals surface area contributed by atoms with Gasteiger partial charge in [0.05, 0.1) is 19.6 Å². The third-order valence-electron chi connectivity index (χ3n) is 4.29. The van der Waals surface area contributed by atoms with Gasteiger partial charge in [0.1, 0.15) is 0 Å². The monoisotopic (exact) mass is 390 g/mol. The molecule has 0 bridgehead atoms. The Morgan fingerprint density at radius 1 is 0.750 bits per heavy atom. The summed E-state index contributed by atoms with van der Waals surface area (Å²) in [6.45, 7) is 12.8. The number of nitrogens with two attached hydrogens (primary N) is 1. The van der Waals surface area contributed by atoms with Crippen LogP contribution in [0.4, 0.5) is 0 Å². The molecule has 3 amide bonds. The van der Waals surface area contributed by atoms with Crippen molar-refractivity contribution in [2.24, 2.45) is 5.73 Å². The standard InChI is InChI=1S/C21H34N4O3/c1-20(2,3)15-7-14(8-16(9-15)21(4,5)6)11-23-18(27)13-25-19(28)12-24-17(26)10-22/h7-9H,10-13,22H2,1-6H3,(H,23,27)(H,24,26)(H,25,28). The van der Waals surface area contributed by atoms with E-state index in [1.807, 2.05) is 0 Å². The lowest BCUT2D eigenvalue weighted by Gasteiger charge is -2.26. The van der Waals surface area contributed by atoms with Gasteiger partial charge in [0.15, 0.2) is 0 Å². The van der Waals surface area contributed by atoms with Crippen LogP contribution in [0.1, 0.15) is 58.2 Å². The first-order valence-electron chi connectivity index (χ1n) is 9.48. The molecule has 0 unspecified atom stereocenters. The van der Waals surface area contributed by atoms with E-state index in [0.29, 0.717) is 6.54 Å². The first-order chi connectivity index (χ1) is 12.8. The fourth-order valence-corrected chi connectivity index (χ4v) is 2.42. The SMILES string of the molecule is CC(C)(C)c1cc(CNC(=O)CNC(=O)CNC(=O)CN)cc(C(C)(C)C)c1. The quantitative estimate of drug-likeness (QED) is 0.558. The van der Waals surface area contributed by atoms with Crippen LogP contribution in [-0.4, -0.2) is 37.4 Å². The average Bonchev–Trinajstić information content (AvgIpc) is 2.60. The largest absolute Gasteiger partial charge is 0.350 e. The molecule has 0 aromatic heterocycles. The Balaban J connectivity index is 2.67. The number of carbonyl (C=O) groups is 3. The smallest absolute Gasteiger partial charge is 0.239 e. The van der Waals surface area contributed by atoms with Gasteiger partial charge in [-0.2, -0.15) is 0 Å². The highest BCUT2D eigenvalue weighted by atomic mass is 16.2. The topological polar surface area (TPSA) is 113 Å². The van der Waals surface area contributed by atoms with Crippen LogP contribution in [0.15, 0.2) is 18.2 Å². The number of hydrogen-bond acceptors (Lipinski definition) is 4. The van der Waals surface area contributed by atoms with Crippen molar-refractivity contribution in [3.8, 4) is 0 Å². The molecule has 0 atom stereocenters. The van der Waals surface area contributed by atoms with E-state index < -0.39 is 11.8 Å². The zero-order chi connectivity index (χ0) is 21.5. The second kappa shape index (κ2) is 9.68. The molecule has 28 heavy (non-hydrogen) atoms. The Labute approximate surface area is 167 Å². The Morgan fingerprint density at radius 2 is 1.18 bits per heavy atom. The first-order valence-corrected chi connectivity index (χ1v) is 9.48. The van der Waals surface area contributed by atoms with Crippen LogP contribution in [0.25, 0.3) is 0 Å². The minimum atomic E-state index is -0.443. The van der Waals surface area contributed by atoms with Gasteiger partial charge in [-0.1, -0.05) is 59.7 Å². The summed E-state index contributed by atoms with van der Waals surface area (Å²) in [6.07, 6.45) is 0. The van der Waals surface area contributed by atoms with E-state index in [9.17, 15) is 14.4 Å². The molecule has 7 nitrogen and oxygen atoms in total. The van der Waals surface area contributed by atoms with Gasteiger partial charge in [-0.05, 0) is 27.5 Å². The van der Waals surface area contributed by atoms with Gasteiger partial charge >= 0.3 is 0 Å². The zero-order valence-electron chi connectivity index (χ0n) is 17.9. The van der Waals surface area contributed by atoms with Crippen LogP contribution in [-0.2, 0) is 31.8 Å². The van der Waals surface area contributed by atoms with Crippen molar-refractivity contribution in [3.05, 3.63) is 34.9 Å². The summed E-state index contributed by atoms with van der Waals surface area (Å²) in [5, 5.41) is 7.64. The molecule has 1 rings (SSSR count). The Morgan fingerprint density at radius 3 is 1.61 bits per heavy atom. The van der Waals surface area contributed by atoms with Crippen molar-refractivity contribution < 1.29 is 14.4 Å². The average molecular weight is 391 g/mol. The van der Waals surface area contributed by atoms with E-state index in [2.05, 4.69) is 75.7 Å². The maximum absolute atomic E-state index is 12.0. The Kier molecular flexibility index (Phi) is 8.17. The molecule has 0 fully saturated rings. The molecule has 5 N–H and O–H groups in total. The second-order valence-electron chi connectivity index (χ2n) is 8.95. The van der Waals surface area contributed by atoms with Gasteiger partial charge in [0.25, 0.3) is 0 Å². The number of carbonyl (C=O) groups excluding carboxylic acids is 3. The van der Waals surface area contributed by atoms with Gasteiger partial charge in [-0.3, -0.25) is 14.4 Å². The van der Waals surface area contributed by atoms with Crippen molar-refractivity contribution in [1.29, 1.82) is 0 Å². The van der Waals surface area contributed by atoms with Crippen LogP contribution in [0.3, 0.4) is 0 Å². The molecule has 1 aromatic rings. The molecule has 0 spiro atoms. The van der Waals surface area contributed by atoms with Gasteiger partial charge < -0.3 is 21.7 Å². The summed E-state index contributed by atoms with van der Waals surface area (Å²) in [6, 6.07) is 6.44. The number of benzene rings is 1. The van der Waals surface area contributed by atoms with Crippen molar-refractivity contribution >= 4 is 17.7 Å². The predicted octanol–water partition coefficient (Wildman–Crippen LogP) is 1.09. The highest BCUT2D eigenvalue weighted by Crippen LogP contribution is 2.30. The Hall–Kier alpha value is -2.41. The minimum Gasteiger partial charge on any atom is -0.350 e. The van der Waals surface area contributed by atoms with Crippen molar-refractivity contribution in [2.45, 2.75) is 58.9 Å². The second-order valence-corrected chi connectivity index (χ2v) is 8.95. The molecule has 0 aliphatic heterocycles.